The fourth-order valence-corrected chi connectivity index (χ4v) is 2.33. The molecule has 0 radical (unpaired) electrons. The summed E-state index contributed by atoms with van der Waals surface area (Å²) >= 11 is 1.46. The Hall–Kier alpha value is -0.750. The summed E-state index contributed by atoms with van der Waals surface area (Å²) in [4.78, 5) is 22.6. The molecule has 1 N–H and O–H groups in total. The lowest BCUT2D eigenvalue weighted by atomic mass is 10.3. The molecule has 0 aromatic carbocycles. The van der Waals surface area contributed by atoms with Crippen LogP contribution >= 0.6 is 11.8 Å². The van der Waals surface area contributed by atoms with E-state index in [0.717, 1.165) is 0 Å². The number of thioether (sulfide) groups is 1. The van der Waals surface area contributed by atoms with Crippen molar-refractivity contribution in [3.05, 3.63) is 0 Å². The number of nitrogens with one attached hydrogen (secondary N) is 1. The Balaban J connectivity index is 3.85. The Labute approximate surface area is 107 Å². The number of amides is 1. The van der Waals surface area contributed by atoms with Crippen molar-refractivity contribution < 1.29 is 19.1 Å². The number of carbonyl (C=O) groups is 2. The summed E-state index contributed by atoms with van der Waals surface area (Å²) in [5.41, 5.74) is 0. The van der Waals surface area contributed by atoms with Crippen LogP contribution in [0.2, 0.25) is 0 Å². The van der Waals surface area contributed by atoms with Gasteiger partial charge in [-0.2, -0.15) is 0 Å². The second-order valence-electron chi connectivity index (χ2n) is 3.65. The average molecular weight is 263 g/mol. The Kier molecular flexibility index (Phi) is 8.89. The average Bonchev–Trinajstić information content (AvgIpc) is 2.28. The standard InChI is InChI=1S/C11H21NO4S/c1-8(7-10(13)16-4)17-9(2)11(14)12-5-6-15-3/h8-9H,5-7H2,1-4H3,(H,12,14). The number of hydrogen-bond acceptors (Lipinski definition) is 5. The van der Waals surface area contributed by atoms with Gasteiger partial charge in [-0.3, -0.25) is 9.59 Å². The minimum absolute atomic E-state index is 0.0382. The topological polar surface area (TPSA) is 64.6 Å². The van der Waals surface area contributed by atoms with Gasteiger partial charge in [0, 0.05) is 18.9 Å². The summed E-state index contributed by atoms with van der Waals surface area (Å²) in [6.07, 6.45) is 0.316. The molecule has 100 valence electrons. The summed E-state index contributed by atoms with van der Waals surface area (Å²) in [6, 6.07) is 0. The second-order valence-corrected chi connectivity index (χ2v) is 5.44. The Morgan fingerprint density at radius 1 is 1.29 bits per heavy atom. The highest BCUT2D eigenvalue weighted by Crippen LogP contribution is 2.20. The third-order valence-electron chi connectivity index (χ3n) is 2.09. The van der Waals surface area contributed by atoms with Gasteiger partial charge in [0.1, 0.15) is 0 Å². The maximum atomic E-state index is 11.6. The lowest BCUT2D eigenvalue weighted by molar-refractivity contribution is -0.140. The van der Waals surface area contributed by atoms with Crippen molar-refractivity contribution in [3.8, 4) is 0 Å². The van der Waals surface area contributed by atoms with Gasteiger partial charge in [0.2, 0.25) is 5.91 Å². The molecule has 0 saturated heterocycles. The van der Waals surface area contributed by atoms with Gasteiger partial charge in [0.25, 0.3) is 0 Å². The molecule has 0 heterocycles. The highest BCUT2D eigenvalue weighted by Gasteiger charge is 2.18. The van der Waals surface area contributed by atoms with Gasteiger partial charge in [-0.1, -0.05) is 6.92 Å². The molecule has 6 heteroatoms. The van der Waals surface area contributed by atoms with Crippen molar-refractivity contribution in [2.45, 2.75) is 30.8 Å². The first-order chi connectivity index (χ1) is 8.01. The van der Waals surface area contributed by atoms with E-state index in [4.69, 9.17) is 4.74 Å². The van der Waals surface area contributed by atoms with Crippen molar-refractivity contribution in [1.29, 1.82) is 0 Å². The quantitative estimate of drug-likeness (QED) is 0.519. The first-order valence-corrected chi connectivity index (χ1v) is 6.44. The fourth-order valence-electron chi connectivity index (χ4n) is 1.20. The minimum atomic E-state index is -0.253. The second kappa shape index (κ2) is 9.30. The summed E-state index contributed by atoms with van der Waals surface area (Å²) in [5.74, 6) is -0.291. The van der Waals surface area contributed by atoms with Crippen molar-refractivity contribution in [3.63, 3.8) is 0 Å². The van der Waals surface area contributed by atoms with Crippen LogP contribution in [0, 0.1) is 0 Å². The summed E-state index contributed by atoms with van der Waals surface area (Å²) in [5, 5.41) is 2.63. The molecule has 2 unspecified atom stereocenters. The molecule has 0 bridgehead atoms. The van der Waals surface area contributed by atoms with Gasteiger partial charge >= 0.3 is 5.97 Å². The first kappa shape index (κ1) is 16.2. The molecular weight excluding hydrogens is 242 g/mol. The Bertz CT molecular complexity index is 248. The molecule has 0 aliphatic rings. The number of ether oxygens (including phenoxy) is 2. The molecule has 0 saturated carbocycles. The van der Waals surface area contributed by atoms with E-state index in [-0.39, 0.29) is 22.4 Å². The van der Waals surface area contributed by atoms with Crippen molar-refractivity contribution >= 4 is 23.6 Å². The predicted molar refractivity (Wildman–Crippen MR) is 68.0 cm³/mol. The molecule has 2 atom stereocenters. The molecular formula is C11H21NO4S. The summed E-state index contributed by atoms with van der Waals surface area (Å²) in [6.45, 7) is 4.73. The molecule has 17 heavy (non-hydrogen) atoms. The third kappa shape index (κ3) is 8.04. The smallest absolute Gasteiger partial charge is 0.306 e. The van der Waals surface area contributed by atoms with Crippen LogP contribution in [0.3, 0.4) is 0 Å². The van der Waals surface area contributed by atoms with E-state index in [0.29, 0.717) is 19.6 Å². The van der Waals surface area contributed by atoms with Crippen molar-refractivity contribution in [2.75, 3.05) is 27.4 Å². The zero-order chi connectivity index (χ0) is 13.3. The highest BCUT2D eigenvalue weighted by atomic mass is 32.2. The number of esters is 1. The van der Waals surface area contributed by atoms with E-state index < -0.39 is 0 Å². The molecule has 0 aliphatic carbocycles. The van der Waals surface area contributed by atoms with Crippen LogP contribution in [-0.4, -0.2) is 49.7 Å². The minimum Gasteiger partial charge on any atom is -0.469 e. The number of carbonyl (C=O) groups excluding carboxylic acids is 2. The van der Waals surface area contributed by atoms with Crippen LogP contribution < -0.4 is 5.32 Å². The summed E-state index contributed by atoms with van der Waals surface area (Å²) in [7, 11) is 2.95. The predicted octanol–water partition coefficient (Wildman–Crippen LogP) is 0.822. The lowest BCUT2D eigenvalue weighted by Crippen LogP contribution is -2.34. The van der Waals surface area contributed by atoms with E-state index >= 15 is 0 Å². The van der Waals surface area contributed by atoms with Crippen LogP contribution in [0.4, 0.5) is 0 Å². The molecule has 0 rings (SSSR count). The maximum absolute atomic E-state index is 11.6. The van der Waals surface area contributed by atoms with Gasteiger partial charge < -0.3 is 14.8 Å². The molecule has 0 aromatic rings. The number of methoxy groups -OCH3 is 2. The normalized spacial score (nSPS) is 13.9. The number of rotatable bonds is 8. The molecule has 0 fully saturated rings. The van der Waals surface area contributed by atoms with E-state index in [1.54, 1.807) is 7.11 Å². The Morgan fingerprint density at radius 3 is 2.47 bits per heavy atom. The summed E-state index contributed by atoms with van der Waals surface area (Å²) < 4.78 is 9.41. The zero-order valence-corrected chi connectivity index (χ0v) is 11.6. The Morgan fingerprint density at radius 2 is 1.94 bits per heavy atom. The molecule has 0 aliphatic heterocycles. The van der Waals surface area contributed by atoms with Crippen LogP contribution in [0.15, 0.2) is 0 Å². The first-order valence-electron chi connectivity index (χ1n) is 5.50. The van der Waals surface area contributed by atoms with Crippen LogP contribution in [0.5, 0.6) is 0 Å². The van der Waals surface area contributed by atoms with Crippen molar-refractivity contribution in [1.82, 2.24) is 5.32 Å². The fraction of sp³-hybridized carbons (Fsp3) is 0.818. The van der Waals surface area contributed by atoms with Crippen LogP contribution in [0.25, 0.3) is 0 Å². The van der Waals surface area contributed by atoms with Crippen LogP contribution in [-0.2, 0) is 19.1 Å². The largest absolute Gasteiger partial charge is 0.469 e. The molecule has 0 aromatic heterocycles. The van der Waals surface area contributed by atoms with Gasteiger partial charge in [-0.15, -0.1) is 11.8 Å². The van der Waals surface area contributed by atoms with Crippen LogP contribution in [0.1, 0.15) is 20.3 Å². The SMILES string of the molecule is COCCNC(=O)C(C)SC(C)CC(=O)OC. The molecule has 1 amide bonds. The van der Waals surface area contributed by atoms with Gasteiger partial charge in [0.05, 0.1) is 25.4 Å². The van der Waals surface area contributed by atoms with E-state index in [1.165, 1.54) is 18.9 Å². The van der Waals surface area contributed by atoms with Crippen molar-refractivity contribution in [2.24, 2.45) is 0 Å². The van der Waals surface area contributed by atoms with E-state index in [9.17, 15) is 9.59 Å². The zero-order valence-electron chi connectivity index (χ0n) is 10.8. The lowest BCUT2D eigenvalue weighted by Gasteiger charge is -2.16. The third-order valence-corrected chi connectivity index (χ3v) is 3.35. The molecule has 5 nitrogen and oxygen atoms in total. The molecule has 0 spiro atoms. The van der Waals surface area contributed by atoms with Gasteiger partial charge in [-0.25, -0.2) is 0 Å². The highest BCUT2D eigenvalue weighted by molar-refractivity contribution is 8.01. The van der Waals surface area contributed by atoms with E-state index in [2.05, 4.69) is 10.1 Å². The van der Waals surface area contributed by atoms with E-state index in [1.807, 2.05) is 13.8 Å². The maximum Gasteiger partial charge on any atom is 0.306 e. The van der Waals surface area contributed by atoms with Gasteiger partial charge in [0.15, 0.2) is 0 Å². The van der Waals surface area contributed by atoms with Gasteiger partial charge in [-0.05, 0) is 6.92 Å². The number of hydrogen-bond donors (Lipinski definition) is 1. The monoisotopic (exact) mass is 263 g/mol.